The summed E-state index contributed by atoms with van der Waals surface area (Å²) in [5, 5.41) is 0.528. The van der Waals surface area contributed by atoms with Crippen LogP contribution >= 0.6 is 0 Å². The summed E-state index contributed by atoms with van der Waals surface area (Å²) < 4.78 is 116. The number of ether oxygens (including phenoxy) is 4. The lowest BCUT2D eigenvalue weighted by molar-refractivity contribution is -0.145. The highest BCUT2D eigenvalue weighted by Crippen LogP contribution is 2.62. The molecule has 1 unspecified atom stereocenters. The van der Waals surface area contributed by atoms with Gasteiger partial charge in [-0.2, -0.15) is 26.3 Å². The Morgan fingerprint density at radius 2 is 1.26 bits per heavy atom. The number of carbonyl (C=O) groups excluding carboxylic acids is 2. The van der Waals surface area contributed by atoms with Gasteiger partial charge < -0.3 is 23.8 Å². The molecule has 0 aromatic heterocycles. The second-order valence-corrected chi connectivity index (χ2v) is 25.0. The average Bonchev–Trinajstić information content (AvgIpc) is 1.49. The third-order valence-electron chi connectivity index (χ3n) is 19.3. The van der Waals surface area contributed by atoms with Crippen LogP contribution in [0.2, 0.25) is 0 Å². The van der Waals surface area contributed by atoms with Gasteiger partial charge in [0.05, 0.1) is 30.1 Å². The molecule has 7 aromatic carbocycles. The Morgan fingerprint density at radius 3 is 1.87 bits per heavy atom. The molecule has 2 heterocycles. The number of nitrogens with zero attached hydrogens (tertiary/aromatic N) is 1. The minimum Gasteiger partial charge on any atom is -0.493 e. The Morgan fingerprint density at radius 1 is 0.640 bits per heavy atom. The van der Waals surface area contributed by atoms with Crippen molar-refractivity contribution in [2.24, 2.45) is 17.8 Å². The summed E-state index contributed by atoms with van der Waals surface area (Å²) in [6, 6.07) is 38.1. The molecule has 3 fully saturated rings. The van der Waals surface area contributed by atoms with E-state index in [0.717, 1.165) is 65.9 Å². The van der Waals surface area contributed by atoms with Crippen molar-refractivity contribution in [3.05, 3.63) is 178 Å². The molecule has 13 heteroatoms. The van der Waals surface area contributed by atoms with Gasteiger partial charge in [0.25, 0.3) is 0 Å². The molecule has 2 saturated carbocycles. The van der Waals surface area contributed by atoms with Gasteiger partial charge in [-0.25, -0.2) is 0 Å². The van der Waals surface area contributed by atoms with Gasteiger partial charge in [0.1, 0.15) is 11.5 Å². The molecule has 2 aliphatic heterocycles. The highest BCUT2D eigenvalue weighted by atomic mass is 19.4. The number of alkyl halides is 6. The molecule has 7 aromatic rings. The summed E-state index contributed by atoms with van der Waals surface area (Å²) >= 11 is 0. The molecular formula is C73H73F6NO6. The van der Waals surface area contributed by atoms with Crippen LogP contribution in [0.3, 0.4) is 0 Å². The average molecular weight is 1170 g/mol. The minimum absolute atomic E-state index is 0.0771. The van der Waals surface area contributed by atoms with Crippen LogP contribution in [-0.2, 0) is 33.0 Å². The fourth-order valence-corrected chi connectivity index (χ4v) is 14.7. The number of esters is 2. The van der Waals surface area contributed by atoms with Crippen LogP contribution < -0.4 is 23.8 Å². The maximum atomic E-state index is 15.3. The molecule has 0 N–H and O–H groups in total. The quantitative estimate of drug-likeness (QED) is 0.0465. The van der Waals surface area contributed by atoms with Crippen LogP contribution in [0, 0.1) is 17.8 Å². The zero-order valence-electron chi connectivity index (χ0n) is 49.3. The van der Waals surface area contributed by atoms with Crippen LogP contribution in [0.4, 0.5) is 32.0 Å². The highest BCUT2D eigenvalue weighted by Gasteiger charge is 2.51. The van der Waals surface area contributed by atoms with E-state index in [2.05, 4.69) is 48.2 Å². The number of rotatable bonds is 14. The first kappa shape index (κ1) is 58.8. The number of piperidine rings is 1. The van der Waals surface area contributed by atoms with E-state index in [1.807, 2.05) is 66.7 Å². The van der Waals surface area contributed by atoms with E-state index >= 15 is 13.2 Å². The lowest BCUT2D eigenvalue weighted by atomic mass is 9.75. The summed E-state index contributed by atoms with van der Waals surface area (Å²) in [7, 11) is 1.39. The molecule has 7 nitrogen and oxygen atoms in total. The number of hydrogen-bond donors (Lipinski definition) is 0. The van der Waals surface area contributed by atoms with Gasteiger partial charge >= 0.3 is 24.3 Å². The summed E-state index contributed by atoms with van der Waals surface area (Å²) in [4.78, 5) is 30.3. The molecule has 0 spiro atoms. The first-order valence-corrected chi connectivity index (χ1v) is 30.8. The topological polar surface area (TPSA) is 74.3 Å². The highest BCUT2D eigenvalue weighted by molar-refractivity contribution is 6.10. The van der Waals surface area contributed by atoms with E-state index in [0.29, 0.717) is 53.9 Å². The molecule has 86 heavy (non-hydrogen) atoms. The third-order valence-corrected chi connectivity index (χ3v) is 19.3. The fourth-order valence-electron chi connectivity index (χ4n) is 14.7. The Hall–Kier alpha value is -7.54. The van der Waals surface area contributed by atoms with E-state index in [9.17, 15) is 22.8 Å². The second-order valence-electron chi connectivity index (χ2n) is 25.0. The molecule has 0 radical (unpaired) electrons. The first-order chi connectivity index (χ1) is 41.3. The van der Waals surface area contributed by atoms with Crippen molar-refractivity contribution in [3.8, 4) is 45.3 Å². The summed E-state index contributed by atoms with van der Waals surface area (Å²) in [6.07, 6.45) is 8.43. The smallest absolute Gasteiger partial charge is 0.416 e. The number of benzene rings is 7. The number of methoxy groups -OCH3 is 1. The summed E-state index contributed by atoms with van der Waals surface area (Å²) in [6.45, 7) is 7.31. The minimum atomic E-state index is -5.17. The SMILES string of the molecule is CCCCC[C@H]1CC[C@H](c2ccc(-c3ccc(OC(=O)[C@H]4CC[C@H](C(=O)Oc5cc6c7c(c8c(c6cc5OC)OC(c5ccccc5)(c5ccc(N6CCCCC6)cc5)C=C8)C(C)(C)c5c-7cc(C(F)(F)F)cc5C(F)(F)F)CC4)cc3)cc2)CC1. The summed E-state index contributed by atoms with van der Waals surface area (Å²) in [5.41, 5.74) is 0.707. The van der Waals surface area contributed by atoms with Crippen molar-refractivity contribution in [2.45, 2.75) is 146 Å². The molecule has 1 atom stereocenters. The molecule has 0 amide bonds. The lowest BCUT2D eigenvalue weighted by Crippen LogP contribution is -2.35. The van der Waals surface area contributed by atoms with Crippen LogP contribution in [0.1, 0.15) is 168 Å². The van der Waals surface area contributed by atoms with E-state index in [4.69, 9.17) is 18.9 Å². The Labute approximate surface area is 499 Å². The van der Waals surface area contributed by atoms with E-state index < -0.39 is 58.3 Å². The second kappa shape index (κ2) is 23.6. The number of halogens is 6. The number of anilines is 1. The summed E-state index contributed by atoms with van der Waals surface area (Å²) in [5.74, 6) is 0.0318. The lowest BCUT2D eigenvalue weighted by Gasteiger charge is -2.39. The van der Waals surface area contributed by atoms with Gasteiger partial charge in [-0.1, -0.05) is 131 Å². The molecule has 12 rings (SSSR count). The monoisotopic (exact) mass is 1170 g/mol. The number of fused-ring (bicyclic) bond motifs is 8. The first-order valence-electron chi connectivity index (χ1n) is 30.8. The normalized spacial score (nSPS) is 21.7. The van der Waals surface area contributed by atoms with E-state index in [1.165, 1.54) is 76.5 Å². The maximum absolute atomic E-state index is 15.3. The number of unbranched alkanes of at least 4 members (excludes halogenated alkanes) is 2. The number of carbonyl (C=O) groups is 2. The van der Waals surface area contributed by atoms with E-state index in [-0.39, 0.29) is 45.4 Å². The van der Waals surface area contributed by atoms with Crippen LogP contribution in [0.15, 0.2) is 133 Å². The predicted molar refractivity (Wildman–Crippen MR) is 325 cm³/mol. The van der Waals surface area contributed by atoms with Gasteiger partial charge in [0.15, 0.2) is 17.1 Å². The zero-order chi connectivity index (χ0) is 60.1. The Bertz CT molecular complexity index is 3660. The Kier molecular flexibility index (Phi) is 16.2. The predicted octanol–water partition coefficient (Wildman–Crippen LogP) is 19.4. The van der Waals surface area contributed by atoms with E-state index in [1.54, 1.807) is 32.0 Å². The fraction of sp³-hybridized carbons (Fsp3) is 0.397. The number of hydrogen-bond acceptors (Lipinski definition) is 7. The van der Waals surface area contributed by atoms with Gasteiger partial charge in [-0.15, -0.1) is 0 Å². The van der Waals surface area contributed by atoms with Gasteiger partial charge in [0, 0.05) is 46.3 Å². The molecule has 1 saturated heterocycles. The van der Waals surface area contributed by atoms with Crippen LogP contribution in [0.5, 0.6) is 23.0 Å². The van der Waals surface area contributed by atoms with Crippen molar-refractivity contribution < 1.29 is 54.9 Å². The van der Waals surface area contributed by atoms with Crippen molar-refractivity contribution in [1.29, 1.82) is 0 Å². The van der Waals surface area contributed by atoms with Crippen molar-refractivity contribution in [1.82, 2.24) is 0 Å². The van der Waals surface area contributed by atoms with Crippen LogP contribution in [-0.4, -0.2) is 32.1 Å². The molecular weight excluding hydrogens is 1100 g/mol. The molecule has 448 valence electrons. The van der Waals surface area contributed by atoms with Crippen molar-refractivity contribution >= 4 is 34.5 Å². The van der Waals surface area contributed by atoms with Gasteiger partial charge in [-0.05, 0) is 181 Å². The van der Waals surface area contributed by atoms with Gasteiger partial charge in [-0.3, -0.25) is 9.59 Å². The van der Waals surface area contributed by atoms with Crippen molar-refractivity contribution in [2.75, 3.05) is 25.1 Å². The molecule has 5 aliphatic rings. The standard InChI is InChI=1S/C73H73F6NO6/c1-5-6-9-14-45-17-19-46(20-18-45)47-21-23-48(24-22-47)49-29-35-56(36-30-49)84-68(81)50-25-27-51(28-26-50)69(82)85-63-43-58-59(44-62(63)83-4)67-57(66-64(58)60-41-54(72(74,75)76)42-61(73(77,78)79)65(60)70(66,2)3)37-38-71(86-67,52-15-10-7-11-16-52)53-31-33-55(34-32-53)80-39-12-8-13-40-80/h7,10-11,15-16,21-24,29-38,41-46,50-51H,5-6,8-9,12-14,17-20,25-28,39-40H2,1-4H3/t45-,46-,50-,51-,71?. The third kappa shape index (κ3) is 11.3. The van der Waals surface area contributed by atoms with Crippen LogP contribution in [0.25, 0.3) is 39.1 Å². The van der Waals surface area contributed by atoms with Gasteiger partial charge in [0.2, 0.25) is 0 Å². The Balaban J connectivity index is 0.817. The molecule has 0 bridgehead atoms. The maximum Gasteiger partial charge on any atom is 0.416 e. The van der Waals surface area contributed by atoms with Crippen molar-refractivity contribution in [3.63, 3.8) is 0 Å². The largest absolute Gasteiger partial charge is 0.493 e. The molecule has 3 aliphatic carbocycles. The zero-order valence-corrected chi connectivity index (χ0v) is 49.3.